The molecule has 0 heterocycles. The predicted molar refractivity (Wildman–Crippen MR) is 63.4 cm³/mol. The lowest BCUT2D eigenvalue weighted by atomic mass is 9.92. The molecule has 0 aliphatic rings. The van der Waals surface area contributed by atoms with E-state index in [1.165, 1.54) is 6.07 Å². The molecule has 0 bridgehead atoms. The predicted octanol–water partition coefficient (Wildman–Crippen LogP) is 2.68. The lowest BCUT2D eigenvalue weighted by Crippen LogP contribution is -2.13. The summed E-state index contributed by atoms with van der Waals surface area (Å²) in [7, 11) is 0. The quantitative estimate of drug-likeness (QED) is 0.816. The molecule has 1 aromatic rings. The van der Waals surface area contributed by atoms with Crippen LogP contribution in [0.2, 0.25) is 0 Å². The van der Waals surface area contributed by atoms with Gasteiger partial charge in [0.15, 0.2) is 0 Å². The molecule has 0 saturated carbocycles. The molecule has 0 aliphatic carbocycles. The Bertz CT molecular complexity index is 435. The van der Waals surface area contributed by atoms with Gasteiger partial charge in [0, 0.05) is 0 Å². The Morgan fingerprint density at radius 2 is 1.88 bits per heavy atom. The molecule has 17 heavy (non-hydrogen) atoms. The van der Waals surface area contributed by atoms with Gasteiger partial charge in [0.05, 0.1) is 17.7 Å². The van der Waals surface area contributed by atoms with E-state index in [4.69, 9.17) is 9.84 Å². The molecule has 0 atom stereocenters. The van der Waals surface area contributed by atoms with E-state index in [2.05, 4.69) is 0 Å². The minimum atomic E-state index is -1.03. The molecule has 1 rings (SSSR count). The van der Waals surface area contributed by atoms with Crippen LogP contribution in [0.15, 0.2) is 18.2 Å². The second-order valence-electron chi connectivity index (χ2n) is 3.95. The first-order chi connectivity index (χ1) is 7.99. The number of hydrogen-bond acceptors (Lipinski definition) is 3. The summed E-state index contributed by atoms with van der Waals surface area (Å²) in [6.45, 7) is 5.69. The maximum Gasteiger partial charge on any atom is 0.338 e. The maximum atomic E-state index is 11.7. The minimum Gasteiger partial charge on any atom is -0.478 e. The molecule has 92 valence electrons. The van der Waals surface area contributed by atoms with Gasteiger partial charge >= 0.3 is 11.9 Å². The second-order valence-corrected chi connectivity index (χ2v) is 3.95. The summed E-state index contributed by atoms with van der Waals surface area (Å²) in [5, 5.41) is 9.10. The average molecular weight is 236 g/mol. The van der Waals surface area contributed by atoms with Gasteiger partial charge in [-0.2, -0.15) is 0 Å². The van der Waals surface area contributed by atoms with Gasteiger partial charge in [0.25, 0.3) is 0 Å². The number of ether oxygens (including phenoxy) is 1. The lowest BCUT2D eigenvalue weighted by molar-refractivity contribution is 0.0524. The zero-order chi connectivity index (χ0) is 13.0. The van der Waals surface area contributed by atoms with E-state index in [0.29, 0.717) is 11.1 Å². The number of hydrogen-bond donors (Lipinski definition) is 1. The largest absolute Gasteiger partial charge is 0.478 e. The number of carbonyl (C=O) groups excluding carboxylic acids is 1. The smallest absolute Gasteiger partial charge is 0.338 e. The van der Waals surface area contributed by atoms with Crippen LogP contribution >= 0.6 is 0 Å². The normalized spacial score (nSPS) is 10.4. The fraction of sp³-hybridized carbons (Fsp3) is 0.385. The van der Waals surface area contributed by atoms with Crippen molar-refractivity contribution < 1.29 is 19.4 Å². The summed E-state index contributed by atoms with van der Waals surface area (Å²) >= 11 is 0. The van der Waals surface area contributed by atoms with Crippen molar-refractivity contribution in [1.82, 2.24) is 0 Å². The van der Waals surface area contributed by atoms with Gasteiger partial charge in [-0.25, -0.2) is 9.59 Å². The first-order valence-corrected chi connectivity index (χ1v) is 5.52. The van der Waals surface area contributed by atoms with Gasteiger partial charge in [-0.15, -0.1) is 0 Å². The summed E-state index contributed by atoms with van der Waals surface area (Å²) in [6, 6.07) is 4.65. The highest BCUT2D eigenvalue weighted by atomic mass is 16.5. The molecular weight excluding hydrogens is 220 g/mol. The third kappa shape index (κ3) is 2.84. The zero-order valence-corrected chi connectivity index (χ0v) is 10.2. The van der Waals surface area contributed by atoms with E-state index in [1.54, 1.807) is 19.1 Å². The van der Waals surface area contributed by atoms with Crippen LogP contribution in [0.25, 0.3) is 0 Å². The molecule has 1 N–H and O–H groups in total. The van der Waals surface area contributed by atoms with Crippen LogP contribution in [0.3, 0.4) is 0 Å². The van der Waals surface area contributed by atoms with E-state index in [-0.39, 0.29) is 18.1 Å². The third-order valence-corrected chi connectivity index (χ3v) is 2.41. The summed E-state index contributed by atoms with van der Waals surface area (Å²) in [6.07, 6.45) is 0. The van der Waals surface area contributed by atoms with Gasteiger partial charge in [0.1, 0.15) is 0 Å². The second kappa shape index (κ2) is 5.48. The molecule has 0 spiro atoms. The summed E-state index contributed by atoms with van der Waals surface area (Å²) in [4.78, 5) is 22.8. The van der Waals surface area contributed by atoms with Gasteiger partial charge in [0.2, 0.25) is 0 Å². The first-order valence-electron chi connectivity index (χ1n) is 5.52. The van der Waals surface area contributed by atoms with Crippen LogP contribution in [0.1, 0.15) is 53.0 Å². The van der Waals surface area contributed by atoms with Gasteiger partial charge < -0.3 is 9.84 Å². The number of benzene rings is 1. The van der Waals surface area contributed by atoms with Gasteiger partial charge in [-0.05, 0) is 30.5 Å². The Kier molecular flexibility index (Phi) is 4.26. The standard InChI is InChI=1S/C13H16O4/c1-4-17-13(16)10-7-5-6-9(12(14)15)11(10)8(2)3/h5-8H,4H2,1-3H3,(H,14,15). The van der Waals surface area contributed by atoms with E-state index >= 15 is 0 Å². The van der Waals surface area contributed by atoms with Crippen LogP contribution in [-0.2, 0) is 4.74 Å². The van der Waals surface area contributed by atoms with E-state index in [1.807, 2.05) is 13.8 Å². The van der Waals surface area contributed by atoms with Crippen molar-refractivity contribution in [2.45, 2.75) is 26.7 Å². The summed E-state index contributed by atoms with van der Waals surface area (Å²) in [5.41, 5.74) is 1.02. The third-order valence-electron chi connectivity index (χ3n) is 2.41. The summed E-state index contributed by atoms with van der Waals surface area (Å²) in [5.74, 6) is -1.55. The molecule has 0 fully saturated rings. The highest BCUT2D eigenvalue weighted by molar-refractivity contribution is 5.97. The Balaban J connectivity index is 3.35. The molecule has 0 amide bonds. The number of carboxylic acid groups (broad SMARTS) is 1. The molecule has 4 heteroatoms. The van der Waals surface area contributed by atoms with Crippen molar-refractivity contribution in [3.63, 3.8) is 0 Å². The van der Waals surface area contributed by atoms with Crippen molar-refractivity contribution in [1.29, 1.82) is 0 Å². The van der Waals surface area contributed by atoms with Crippen LogP contribution in [0.4, 0.5) is 0 Å². The van der Waals surface area contributed by atoms with Crippen LogP contribution < -0.4 is 0 Å². The van der Waals surface area contributed by atoms with Crippen molar-refractivity contribution >= 4 is 11.9 Å². The fourth-order valence-electron chi connectivity index (χ4n) is 1.76. The summed E-state index contributed by atoms with van der Waals surface area (Å²) < 4.78 is 4.92. The number of esters is 1. The van der Waals surface area contributed by atoms with Crippen molar-refractivity contribution in [3.8, 4) is 0 Å². The van der Waals surface area contributed by atoms with Crippen LogP contribution in [-0.4, -0.2) is 23.7 Å². The highest BCUT2D eigenvalue weighted by Gasteiger charge is 2.21. The Morgan fingerprint density at radius 1 is 1.29 bits per heavy atom. The molecule has 0 unspecified atom stereocenters. The topological polar surface area (TPSA) is 63.6 Å². The minimum absolute atomic E-state index is 0.0540. The molecule has 0 aliphatic heterocycles. The Labute approximate surface area is 100 Å². The number of carbonyl (C=O) groups is 2. The molecule has 0 radical (unpaired) electrons. The van der Waals surface area contributed by atoms with Crippen LogP contribution in [0.5, 0.6) is 0 Å². The molecule has 1 aromatic carbocycles. The zero-order valence-electron chi connectivity index (χ0n) is 10.2. The molecular formula is C13H16O4. The molecule has 4 nitrogen and oxygen atoms in total. The fourth-order valence-corrected chi connectivity index (χ4v) is 1.76. The van der Waals surface area contributed by atoms with Crippen LogP contribution in [0, 0.1) is 0 Å². The van der Waals surface area contributed by atoms with Gasteiger partial charge in [-0.1, -0.05) is 19.9 Å². The average Bonchev–Trinajstić information content (AvgIpc) is 2.28. The van der Waals surface area contributed by atoms with Crippen molar-refractivity contribution in [3.05, 3.63) is 34.9 Å². The number of rotatable bonds is 4. The van der Waals surface area contributed by atoms with Crippen molar-refractivity contribution in [2.24, 2.45) is 0 Å². The number of carboxylic acids is 1. The first kappa shape index (κ1) is 13.2. The highest BCUT2D eigenvalue weighted by Crippen LogP contribution is 2.24. The van der Waals surface area contributed by atoms with Gasteiger partial charge in [-0.3, -0.25) is 0 Å². The van der Waals surface area contributed by atoms with Crippen molar-refractivity contribution in [2.75, 3.05) is 6.61 Å². The Morgan fingerprint density at radius 3 is 2.35 bits per heavy atom. The molecule has 0 aromatic heterocycles. The monoisotopic (exact) mass is 236 g/mol. The number of aromatic carboxylic acids is 1. The lowest BCUT2D eigenvalue weighted by Gasteiger charge is -2.14. The van der Waals surface area contributed by atoms with E-state index in [0.717, 1.165) is 0 Å². The molecule has 0 saturated heterocycles. The SMILES string of the molecule is CCOC(=O)c1cccc(C(=O)O)c1C(C)C. The maximum absolute atomic E-state index is 11.7. The van der Waals surface area contributed by atoms with E-state index in [9.17, 15) is 9.59 Å². The van der Waals surface area contributed by atoms with E-state index < -0.39 is 11.9 Å². The Hall–Kier alpha value is -1.84.